The Kier molecular flexibility index (Phi) is 4.95. The lowest BCUT2D eigenvalue weighted by Crippen LogP contribution is -2.19. The second kappa shape index (κ2) is 6.71. The molecule has 0 bridgehead atoms. The molecule has 0 aromatic carbocycles. The van der Waals surface area contributed by atoms with Crippen LogP contribution in [-0.2, 0) is 31.9 Å². The Morgan fingerprint density at radius 3 is 2.71 bits per heavy atom. The first-order valence-electron chi connectivity index (χ1n) is 6.75. The number of ether oxygens (including phenoxy) is 2. The number of hydrogen-bond acceptors (Lipinski definition) is 6. The molecule has 1 aliphatic rings. The molecule has 0 fully saturated rings. The summed E-state index contributed by atoms with van der Waals surface area (Å²) in [4.78, 5) is 36.1. The van der Waals surface area contributed by atoms with Crippen molar-refractivity contribution >= 4 is 34.2 Å². The zero-order valence-corrected chi connectivity index (χ0v) is 12.8. The molecule has 1 aromatic heterocycles. The third kappa shape index (κ3) is 3.41. The highest BCUT2D eigenvalue weighted by Crippen LogP contribution is 2.39. The molecule has 1 amide bonds. The third-order valence-electron chi connectivity index (χ3n) is 3.17. The molecule has 0 saturated carbocycles. The monoisotopic (exact) mass is 311 g/mol. The van der Waals surface area contributed by atoms with Crippen LogP contribution in [0.15, 0.2) is 0 Å². The average molecular weight is 311 g/mol. The summed E-state index contributed by atoms with van der Waals surface area (Å²) >= 11 is 1.38. The van der Waals surface area contributed by atoms with Gasteiger partial charge in [0, 0.05) is 4.88 Å². The van der Waals surface area contributed by atoms with Crippen molar-refractivity contribution in [1.29, 1.82) is 0 Å². The minimum Gasteiger partial charge on any atom is -0.466 e. The van der Waals surface area contributed by atoms with Crippen molar-refractivity contribution < 1.29 is 23.9 Å². The number of hydrogen-bond donors (Lipinski definition) is 1. The summed E-state index contributed by atoms with van der Waals surface area (Å²) in [6.45, 7) is 1.90. The minimum absolute atomic E-state index is 0.229. The van der Waals surface area contributed by atoms with Gasteiger partial charge in [0.2, 0.25) is 5.91 Å². The van der Waals surface area contributed by atoms with Gasteiger partial charge in [-0.1, -0.05) is 0 Å². The van der Waals surface area contributed by atoms with Gasteiger partial charge < -0.3 is 14.8 Å². The van der Waals surface area contributed by atoms with E-state index >= 15 is 0 Å². The lowest BCUT2D eigenvalue weighted by Gasteiger charge is -2.06. The zero-order chi connectivity index (χ0) is 15.4. The van der Waals surface area contributed by atoms with Crippen LogP contribution in [0.25, 0.3) is 0 Å². The molecule has 2 rings (SSSR count). The van der Waals surface area contributed by atoms with E-state index in [1.807, 2.05) is 0 Å². The molecule has 114 valence electrons. The predicted octanol–water partition coefficient (Wildman–Crippen LogP) is 1.92. The quantitative estimate of drug-likeness (QED) is 0.663. The van der Waals surface area contributed by atoms with Gasteiger partial charge >= 0.3 is 11.9 Å². The molecule has 0 saturated heterocycles. The number of nitrogens with one attached hydrogen (secondary N) is 1. The van der Waals surface area contributed by atoms with E-state index in [1.54, 1.807) is 6.92 Å². The fraction of sp³-hybridized carbons (Fsp3) is 0.500. The van der Waals surface area contributed by atoms with Crippen molar-refractivity contribution in [2.24, 2.45) is 0 Å². The molecule has 1 aromatic rings. The lowest BCUT2D eigenvalue weighted by atomic mass is 10.1. The van der Waals surface area contributed by atoms with Crippen LogP contribution in [0.2, 0.25) is 0 Å². The predicted molar refractivity (Wildman–Crippen MR) is 77.6 cm³/mol. The van der Waals surface area contributed by atoms with Crippen LogP contribution in [-0.4, -0.2) is 31.6 Å². The van der Waals surface area contributed by atoms with Crippen LogP contribution in [0.3, 0.4) is 0 Å². The number of aryl methyl sites for hydroxylation is 1. The molecular formula is C14H17NO5S. The van der Waals surface area contributed by atoms with E-state index in [-0.39, 0.29) is 13.0 Å². The smallest absolute Gasteiger partial charge is 0.341 e. The maximum atomic E-state index is 11.9. The molecule has 0 unspecified atom stereocenters. The fourth-order valence-corrected chi connectivity index (χ4v) is 3.62. The number of methoxy groups -OCH3 is 1. The summed E-state index contributed by atoms with van der Waals surface area (Å²) in [5, 5.41) is 3.08. The molecule has 0 aliphatic heterocycles. The molecule has 0 spiro atoms. The van der Waals surface area contributed by atoms with E-state index < -0.39 is 17.8 Å². The highest BCUT2D eigenvalue weighted by Gasteiger charge is 2.28. The molecule has 7 heteroatoms. The zero-order valence-electron chi connectivity index (χ0n) is 12.0. The normalized spacial score (nSPS) is 12.7. The Morgan fingerprint density at radius 2 is 2.05 bits per heavy atom. The highest BCUT2D eigenvalue weighted by atomic mass is 32.1. The van der Waals surface area contributed by atoms with Crippen LogP contribution >= 0.6 is 11.3 Å². The number of anilines is 1. The van der Waals surface area contributed by atoms with Gasteiger partial charge in [-0.05, 0) is 31.7 Å². The van der Waals surface area contributed by atoms with Crippen molar-refractivity contribution in [1.82, 2.24) is 0 Å². The van der Waals surface area contributed by atoms with E-state index in [9.17, 15) is 14.4 Å². The lowest BCUT2D eigenvalue weighted by molar-refractivity contribution is -0.145. The summed E-state index contributed by atoms with van der Waals surface area (Å²) in [6, 6.07) is 0. The maximum Gasteiger partial charge on any atom is 0.341 e. The summed E-state index contributed by atoms with van der Waals surface area (Å²) in [5.41, 5.74) is 1.38. The van der Waals surface area contributed by atoms with E-state index in [0.717, 1.165) is 29.7 Å². The summed E-state index contributed by atoms with van der Waals surface area (Å²) in [5.74, 6) is -1.53. The average Bonchev–Trinajstić information content (AvgIpc) is 2.98. The number of esters is 2. The summed E-state index contributed by atoms with van der Waals surface area (Å²) in [6.07, 6.45) is 2.35. The van der Waals surface area contributed by atoms with Crippen LogP contribution in [0, 0.1) is 0 Å². The minimum atomic E-state index is -0.585. The van der Waals surface area contributed by atoms with E-state index in [1.165, 1.54) is 18.4 Å². The molecule has 0 radical (unpaired) electrons. The molecule has 1 heterocycles. The second-order valence-electron chi connectivity index (χ2n) is 4.58. The first-order valence-corrected chi connectivity index (χ1v) is 7.56. The Hall–Kier alpha value is -1.89. The van der Waals surface area contributed by atoms with E-state index in [2.05, 4.69) is 5.32 Å². The highest BCUT2D eigenvalue weighted by molar-refractivity contribution is 7.17. The molecule has 1 aliphatic carbocycles. The number of carbonyl (C=O) groups is 3. The number of amides is 1. The van der Waals surface area contributed by atoms with Gasteiger partial charge in [0.25, 0.3) is 0 Å². The number of carbonyl (C=O) groups excluding carboxylic acids is 3. The maximum absolute atomic E-state index is 11.9. The number of rotatable bonds is 5. The molecule has 21 heavy (non-hydrogen) atoms. The van der Waals surface area contributed by atoms with Gasteiger partial charge in [-0.2, -0.15) is 0 Å². The first-order chi connectivity index (χ1) is 10.1. The van der Waals surface area contributed by atoms with Crippen LogP contribution in [0.1, 0.15) is 40.6 Å². The van der Waals surface area contributed by atoms with E-state index in [4.69, 9.17) is 9.47 Å². The second-order valence-corrected chi connectivity index (χ2v) is 5.69. The Morgan fingerprint density at radius 1 is 1.29 bits per heavy atom. The van der Waals surface area contributed by atoms with Gasteiger partial charge in [-0.25, -0.2) is 4.79 Å². The van der Waals surface area contributed by atoms with Crippen molar-refractivity contribution in [2.45, 2.75) is 32.6 Å². The molecule has 6 nitrogen and oxygen atoms in total. The van der Waals surface area contributed by atoms with Crippen molar-refractivity contribution in [3.8, 4) is 0 Å². The van der Waals surface area contributed by atoms with Crippen LogP contribution < -0.4 is 5.32 Å². The Bertz CT molecular complexity index is 578. The van der Waals surface area contributed by atoms with Gasteiger partial charge in [0.15, 0.2) is 0 Å². The van der Waals surface area contributed by atoms with Crippen molar-refractivity contribution in [3.05, 3.63) is 16.0 Å². The van der Waals surface area contributed by atoms with Gasteiger partial charge in [0.05, 0.1) is 19.3 Å². The van der Waals surface area contributed by atoms with Crippen molar-refractivity contribution in [3.63, 3.8) is 0 Å². The molecular weight excluding hydrogens is 294 g/mol. The largest absolute Gasteiger partial charge is 0.466 e. The molecule has 0 atom stereocenters. The van der Waals surface area contributed by atoms with Crippen LogP contribution in [0.5, 0.6) is 0 Å². The SMILES string of the molecule is CCOC(=O)CC(=O)Nc1sc2c(c1C(=O)OC)CCC2. The molecule has 1 N–H and O–H groups in total. The van der Waals surface area contributed by atoms with Gasteiger partial charge in [-0.3, -0.25) is 9.59 Å². The summed E-state index contributed by atoms with van der Waals surface area (Å²) < 4.78 is 9.51. The third-order valence-corrected chi connectivity index (χ3v) is 4.38. The Labute approximate surface area is 126 Å². The van der Waals surface area contributed by atoms with E-state index in [0.29, 0.717) is 10.6 Å². The first kappa shape index (κ1) is 15.5. The summed E-state index contributed by atoms with van der Waals surface area (Å²) in [7, 11) is 1.31. The van der Waals surface area contributed by atoms with Crippen LogP contribution in [0.4, 0.5) is 5.00 Å². The fourth-order valence-electron chi connectivity index (χ4n) is 2.32. The van der Waals surface area contributed by atoms with Crippen molar-refractivity contribution in [2.75, 3.05) is 19.0 Å². The number of fused-ring (bicyclic) bond motifs is 1. The number of thiophene rings is 1. The standard InChI is InChI=1S/C14H17NO5S/c1-3-20-11(17)7-10(16)15-13-12(14(18)19-2)8-5-4-6-9(8)21-13/h3-7H2,1-2H3,(H,15,16). The van der Waals surface area contributed by atoms with Gasteiger partial charge in [-0.15, -0.1) is 11.3 Å². The topological polar surface area (TPSA) is 81.7 Å². The Balaban J connectivity index is 2.15. The van der Waals surface area contributed by atoms with Gasteiger partial charge in [0.1, 0.15) is 11.4 Å².